The number of amides is 2. The summed E-state index contributed by atoms with van der Waals surface area (Å²) in [6.45, 7) is 3.99. The molecule has 20 heavy (non-hydrogen) atoms. The average Bonchev–Trinajstić information content (AvgIpc) is 2.44. The molecule has 0 heterocycles. The van der Waals surface area contributed by atoms with Gasteiger partial charge in [0.15, 0.2) is 0 Å². The van der Waals surface area contributed by atoms with Crippen LogP contribution in [0, 0.1) is 0 Å². The maximum Gasteiger partial charge on any atom is 0.323 e. The summed E-state index contributed by atoms with van der Waals surface area (Å²) < 4.78 is 0. The van der Waals surface area contributed by atoms with Crippen LogP contribution in [0.25, 0.3) is 0 Å². The molecule has 0 aromatic heterocycles. The van der Waals surface area contributed by atoms with Gasteiger partial charge in [-0.3, -0.25) is 4.79 Å². The number of carbonyl (C=O) groups is 2. The molecule has 0 aliphatic heterocycles. The monoisotopic (exact) mass is 278 g/mol. The van der Waals surface area contributed by atoms with Crippen molar-refractivity contribution in [2.24, 2.45) is 0 Å². The van der Waals surface area contributed by atoms with E-state index in [0.717, 1.165) is 12.0 Å². The molecule has 0 aliphatic rings. The highest BCUT2D eigenvalue weighted by atomic mass is 16.4. The van der Waals surface area contributed by atoms with Crippen LogP contribution in [-0.4, -0.2) is 46.5 Å². The zero-order valence-corrected chi connectivity index (χ0v) is 12.2. The molecule has 5 nitrogen and oxygen atoms in total. The molecule has 0 saturated carbocycles. The Kier molecular flexibility index (Phi) is 6.03. The molecule has 1 aromatic carbocycles. The summed E-state index contributed by atoms with van der Waals surface area (Å²) in [5.41, 5.74) is 1.02. The van der Waals surface area contributed by atoms with Gasteiger partial charge in [0, 0.05) is 19.6 Å². The number of urea groups is 1. The topological polar surface area (TPSA) is 60.9 Å². The Morgan fingerprint density at radius 2 is 1.85 bits per heavy atom. The molecule has 5 heteroatoms. The first-order valence-corrected chi connectivity index (χ1v) is 6.73. The molecule has 0 bridgehead atoms. The zero-order chi connectivity index (χ0) is 15.1. The smallest absolute Gasteiger partial charge is 0.323 e. The van der Waals surface area contributed by atoms with Crippen molar-refractivity contribution in [2.45, 2.75) is 32.9 Å². The number of benzene rings is 1. The third kappa shape index (κ3) is 4.57. The maximum atomic E-state index is 12.4. The van der Waals surface area contributed by atoms with Crippen molar-refractivity contribution in [3.8, 4) is 0 Å². The van der Waals surface area contributed by atoms with E-state index in [1.807, 2.05) is 44.2 Å². The van der Waals surface area contributed by atoms with E-state index >= 15 is 0 Å². The standard InChI is InChI=1S/C15H22N2O3/c1-4-12(2)17(11-14(18)19)15(20)16(3)10-13-8-6-5-7-9-13/h5-9,12H,4,10-11H2,1-3H3,(H,18,19). The van der Waals surface area contributed by atoms with Gasteiger partial charge in [-0.15, -0.1) is 0 Å². The highest BCUT2D eigenvalue weighted by Crippen LogP contribution is 2.10. The Morgan fingerprint density at radius 3 is 2.35 bits per heavy atom. The number of carboxylic acids is 1. The summed E-state index contributed by atoms with van der Waals surface area (Å²) in [5, 5.41) is 8.94. The fourth-order valence-electron chi connectivity index (χ4n) is 1.92. The third-order valence-corrected chi connectivity index (χ3v) is 3.26. The molecule has 0 radical (unpaired) electrons. The summed E-state index contributed by atoms with van der Waals surface area (Å²) in [6, 6.07) is 9.27. The normalized spacial score (nSPS) is 11.8. The molecule has 0 saturated heterocycles. The number of hydrogen-bond donors (Lipinski definition) is 1. The summed E-state index contributed by atoms with van der Waals surface area (Å²) in [6.07, 6.45) is 0.720. The Hall–Kier alpha value is -2.04. The predicted molar refractivity (Wildman–Crippen MR) is 77.4 cm³/mol. The molecule has 0 spiro atoms. The van der Waals surface area contributed by atoms with Crippen molar-refractivity contribution in [3.05, 3.63) is 35.9 Å². The number of carboxylic acid groups (broad SMARTS) is 1. The van der Waals surface area contributed by atoms with E-state index in [1.54, 1.807) is 11.9 Å². The van der Waals surface area contributed by atoms with Crippen molar-refractivity contribution in [1.82, 2.24) is 9.80 Å². The van der Waals surface area contributed by atoms with Crippen molar-refractivity contribution in [3.63, 3.8) is 0 Å². The Balaban J connectivity index is 2.75. The molecular formula is C15H22N2O3. The van der Waals surface area contributed by atoms with Gasteiger partial charge >= 0.3 is 12.0 Å². The summed E-state index contributed by atoms with van der Waals surface area (Å²) in [7, 11) is 1.69. The fourth-order valence-corrected chi connectivity index (χ4v) is 1.92. The van der Waals surface area contributed by atoms with Crippen molar-refractivity contribution < 1.29 is 14.7 Å². The van der Waals surface area contributed by atoms with Crippen LogP contribution in [-0.2, 0) is 11.3 Å². The lowest BCUT2D eigenvalue weighted by Crippen LogP contribution is -2.47. The Morgan fingerprint density at radius 1 is 1.25 bits per heavy atom. The first-order valence-electron chi connectivity index (χ1n) is 6.73. The summed E-state index contributed by atoms with van der Waals surface area (Å²) in [5.74, 6) is -0.994. The van der Waals surface area contributed by atoms with Crippen LogP contribution < -0.4 is 0 Å². The van der Waals surface area contributed by atoms with Gasteiger partial charge in [-0.2, -0.15) is 0 Å². The summed E-state index contributed by atoms with van der Waals surface area (Å²) >= 11 is 0. The van der Waals surface area contributed by atoms with Gasteiger partial charge in [-0.25, -0.2) is 4.79 Å². The Labute approximate surface area is 119 Å². The lowest BCUT2D eigenvalue weighted by atomic mass is 10.2. The van der Waals surface area contributed by atoms with Crippen molar-refractivity contribution in [2.75, 3.05) is 13.6 Å². The van der Waals surface area contributed by atoms with Crippen molar-refractivity contribution in [1.29, 1.82) is 0 Å². The fraction of sp³-hybridized carbons (Fsp3) is 0.467. The molecule has 1 aromatic rings. The van der Waals surface area contributed by atoms with E-state index in [-0.39, 0.29) is 18.6 Å². The van der Waals surface area contributed by atoms with E-state index in [2.05, 4.69) is 0 Å². The second kappa shape index (κ2) is 7.53. The number of nitrogens with zero attached hydrogens (tertiary/aromatic N) is 2. The molecule has 1 N–H and O–H groups in total. The quantitative estimate of drug-likeness (QED) is 0.869. The molecule has 1 rings (SSSR count). The van der Waals surface area contributed by atoms with Gasteiger partial charge in [0.1, 0.15) is 6.54 Å². The molecule has 0 aliphatic carbocycles. The van der Waals surface area contributed by atoms with Crippen LogP contribution in [0.15, 0.2) is 30.3 Å². The van der Waals surface area contributed by atoms with E-state index in [1.165, 1.54) is 4.90 Å². The number of aliphatic carboxylic acids is 1. The minimum atomic E-state index is -0.994. The second-order valence-electron chi connectivity index (χ2n) is 4.90. The molecule has 1 unspecified atom stereocenters. The van der Waals surface area contributed by atoms with E-state index in [0.29, 0.717) is 6.54 Å². The largest absolute Gasteiger partial charge is 0.480 e. The SMILES string of the molecule is CCC(C)N(CC(=O)O)C(=O)N(C)Cc1ccccc1. The molecule has 0 fully saturated rings. The number of carbonyl (C=O) groups excluding carboxylic acids is 1. The van der Waals surface area contributed by atoms with Crippen molar-refractivity contribution >= 4 is 12.0 Å². The zero-order valence-electron chi connectivity index (χ0n) is 12.2. The van der Waals surface area contributed by atoms with E-state index in [4.69, 9.17) is 5.11 Å². The van der Waals surface area contributed by atoms with Gasteiger partial charge < -0.3 is 14.9 Å². The first-order chi connectivity index (χ1) is 9.45. The van der Waals surface area contributed by atoms with Crippen LogP contribution in [0.1, 0.15) is 25.8 Å². The molecule has 1 atom stereocenters. The second-order valence-corrected chi connectivity index (χ2v) is 4.90. The predicted octanol–water partition coefficient (Wildman–Crippen LogP) is 2.42. The molecule has 110 valence electrons. The van der Waals surface area contributed by atoms with E-state index in [9.17, 15) is 9.59 Å². The third-order valence-electron chi connectivity index (χ3n) is 3.26. The Bertz CT molecular complexity index is 448. The van der Waals surface area contributed by atoms with Gasteiger partial charge in [-0.05, 0) is 18.9 Å². The minimum absolute atomic E-state index is 0.100. The lowest BCUT2D eigenvalue weighted by Gasteiger charge is -2.31. The highest BCUT2D eigenvalue weighted by molar-refractivity contribution is 5.80. The van der Waals surface area contributed by atoms with E-state index < -0.39 is 5.97 Å². The molecular weight excluding hydrogens is 256 g/mol. The summed E-state index contributed by atoms with van der Waals surface area (Å²) in [4.78, 5) is 26.2. The number of rotatable bonds is 6. The maximum absolute atomic E-state index is 12.4. The van der Waals surface area contributed by atoms with Gasteiger partial charge in [0.25, 0.3) is 0 Å². The lowest BCUT2D eigenvalue weighted by molar-refractivity contribution is -0.138. The minimum Gasteiger partial charge on any atom is -0.480 e. The molecule has 2 amide bonds. The number of hydrogen-bond acceptors (Lipinski definition) is 2. The van der Waals surface area contributed by atoms with Crippen LogP contribution in [0.4, 0.5) is 4.79 Å². The van der Waals surface area contributed by atoms with Crippen LogP contribution >= 0.6 is 0 Å². The average molecular weight is 278 g/mol. The van der Waals surface area contributed by atoms with Gasteiger partial charge in [0.05, 0.1) is 0 Å². The first kappa shape index (κ1) is 16.0. The van der Waals surface area contributed by atoms with Crippen LogP contribution in [0.5, 0.6) is 0 Å². The van der Waals surface area contributed by atoms with Gasteiger partial charge in [0.2, 0.25) is 0 Å². The highest BCUT2D eigenvalue weighted by Gasteiger charge is 2.24. The van der Waals surface area contributed by atoms with Crippen LogP contribution in [0.3, 0.4) is 0 Å². The van der Waals surface area contributed by atoms with Gasteiger partial charge in [-0.1, -0.05) is 37.3 Å². The van der Waals surface area contributed by atoms with Crippen LogP contribution in [0.2, 0.25) is 0 Å².